The van der Waals surface area contributed by atoms with Gasteiger partial charge in [0, 0.05) is 24.7 Å². The van der Waals surface area contributed by atoms with Crippen LogP contribution in [-0.4, -0.2) is 29.9 Å². The number of rotatable bonds is 1. The van der Waals surface area contributed by atoms with E-state index in [1.165, 1.54) is 12.1 Å². The summed E-state index contributed by atoms with van der Waals surface area (Å²) in [5, 5.41) is 0. The second kappa shape index (κ2) is 6.69. The Kier molecular flexibility index (Phi) is 5.26. The Balaban J connectivity index is 0.00000192. The van der Waals surface area contributed by atoms with Crippen molar-refractivity contribution < 1.29 is 18.0 Å². The summed E-state index contributed by atoms with van der Waals surface area (Å²) in [4.78, 5) is 14.2. The average molecular weight is 349 g/mol. The topological polar surface area (TPSA) is 46.3 Å². The van der Waals surface area contributed by atoms with Crippen molar-refractivity contribution in [1.82, 2.24) is 4.90 Å². The zero-order valence-electron chi connectivity index (χ0n) is 12.6. The maximum absolute atomic E-state index is 12.6. The maximum atomic E-state index is 12.6. The molecule has 23 heavy (non-hydrogen) atoms. The molecule has 1 aliphatic heterocycles. The number of hydrogen-bond donors (Lipinski definition) is 1. The van der Waals surface area contributed by atoms with Gasteiger partial charge < -0.3 is 10.6 Å². The van der Waals surface area contributed by atoms with Crippen molar-refractivity contribution in [2.45, 2.75) is 31.5 Å². The van der Waals surface area contributed by atoms with E-state index in [0.717, 1.165) is 31.4 Å². The van der Waals surface area contributed by atoms with E-state index in [2.05, 4.69) is 0 Å². The quantitative estimate of drug-likeness (QED) is 0.846. The van der Waals surface area contributed by atoms with Crippen molar-refractivity contribution in [1.29, 1.82) is 0 Å². The third kappa shape index (κ3) is 3.63. The Morgan fingerprint density at radius 3 is 2.35 bits per heavy atom. The third-order valence-electron chi connectivity index (χ3n) is 4.90. The fraction of sp³-hybridized carbons (Fsp3) is 0.562. The van der Waals surface area contributed by atoms with Crippen LogP contribution in [0, 0.1) is 11.8 Å². The summed E-state index contributed by atoms with van der Waals surface area (Å²) < 4.78 is 37.7. The molecule has 1 aliphatic carbocycles. The summed E-state index contributed by atoms with van der Waals surface area (Å²) in [6.45, 7) is 1.28. The molecule has 1 aromatic carbocycles. The molecule has 1 saturated carbocycles. The lowest BCUT2D eigenvalue weighted by molar-refractivity contribution is -0.137. The molecule has 2 aliphatic rings. The van der Waals surface area contributed by atoms with Gasteiger partial charge in [0.2, 0.25) is 0 Å². The van der Waals surface area contributed by atoms with Crippen LogP contribution in [0.15, 0.2) is 24.3 Å². The number of nitrogens with zero attached hydrogens (tertiary/aromatic N) is 1. The van der Waals surface area contributed by atoms with Crippen LogP contribution < -0.4 is 5.73 Å². The second-order valence-electron chi connectivity index (χ2n) is 6.30. The largest absolute Gasteiger partial charge is 0.416 e. The monoisotopic (exact) mass is 348 g/mol. The smallest absolute Gasteiger partial charge is 0.338 e. The molecule has 1 saturated heterocycles. The zero-order chi connectivity index (χ0) is 15.9. The molecule has 1 heterocycles. The lowest BCUT2D eigenvalue weighted by atomic mass is 9.78. The molecule has 3 unspecified atom stereocenters. The van der Waals surface area contributed by atoms with Gasteiger partial charge in [-0.25, -0.2) is 0 Å². The average Bonchev–Trinajstić information content (AvgIpc) is 2.91. The Morgan fingerprint density at radius 2 is 1.78 bits per heavy atom. The summed E-state index contributed by atoms with van der Waals surface area (Å²) in [5.74, 6) is 0.560. The van der Waals surface area contributed by atoms with Gasteiger partial charge in [-0.15, -0.1) is 12.4 Å². The van der Waals surface area contributed by atoms with Crippen LogP contribution in [0.1, 0.15) is 35.2 Å². The molecule has 3 nitrogen and oxygen atoms in total. The van der Waals surface area contributed by atoms with Gasteiger partial charge in [-0.3, -0.25) is 4.79 Å². The molecule has 1 amide bonds. The molecular weight excluding hydrogens is 329 g/mol. The van der Waals surface area contributed by atoms with E-state index < -0.39 is 11.7 Å². The standard InChI is InChI=1S/C16H19F3N2O.ClH/c17-16(18,19)12-6-4-10(5-7-12)15(22)21-8-11-2-1-3-14(20)13(11)9-21;/h4-7,11,13-14H,1-3,8-9,20H2;1H. The third-order valence-corrected chi connectivity index (χ3v) is 4.90. The van der Waals surface area contributed by atoms with Crippen LogP contribution in [0.3, 0.4) is 0 Å². The van der Waals surface area contributed by atoms with Crippen LogP contribution in [0.4, 0.5) is 13.2 Å². The van der Waals surface area contributed by atoms with Crippen molar-refractivity contribution >= 4 is 18.3 Å². The maximum Gasteiger partial charge on any atom is 0.416 e. The van der Waals surface area contributed by atoms with Crippen LogP contribution in [0.25, 0.3) is 0 Å². The highest BCUT2D eigenvalue weighted by molar-refractivity contribution is 5.94. The van der Waals surface area contributed by atoms with Crippen LogP contribution in [-0.2, 0) is 6.18 Å². The number of carbonyl (C=O) groups excluding carboxylic acids is 1. The van der Waals surface area contributed by atoms with Crippen molar-refractivity contribution in [2.24, 2.45) is 17.6 Å². The van der Waals surface area contributed by atoms with Gasteiger partial charge in [0.25, 0.3) is 5.91 Å². The minimum atomic E-state index is -4.38. The lowest BCUT2D eigenvalue weighted by Crippen LogP contribution is -2.38. The Labute approximate surface area is 139 Å². The number of alkyl halides is 3. The van der Waals surface area contributed by atoms with Crippen molar-refractivity contribution in [3.8, 4) is 0 Å². The lowest BCUT2D eigenvalue weighted by Gasteiger charge is -2.29. The zero-order valence-corrected chi connectivity index (χ0v) is 13.4. The van der Waals surface area contributed by atoms with Gasteiger partial charge >= 0.3 is 6.18 Å². The fourth-order valence-electron chi connectivity index (χ4n) is 3.67. The van der Waals surface area contributed by atoms with Gasteiger partial charge in [0.1, 0.15) is 0 Å². The number of hydrogen-bond acceptors (Lipinski definition) is 2. The molecule has 1 aromatic rings. The van der Waals surface area contributed by atoms with Crippen LogP contribution in [0.5, 0.6) is 0 Å². The number of fused-ring (bicyclic) bond motifs is 1. The SMILES string of the molecule is Cl.NC1CCCC2CN(C(=O)c3ccc(C(F)(F)F)cc3)CC12. The normalized spacial score (nSPS) is 27.3. The molecule has 0 spiro atoms. The first-order chi connectivity index (χ1) is 10.4. The molecule has 2 fully saturated rings. The van der Waals surface area contributed by atoms with Gasteiger partial charge in [0.05, 0.1) is 5.56 Å². The number of carbonyl (C=O) groups is 1. The molecule has 0 aromatic heterocycles. The molecule has 3 rings (SSSR count). The Hall–Kier alpha value is -1.27. The number of nitrogens with two attached hydrogens (primary N) is 1. The minimum absolute atomic E-state index is 0. The van der Waals surface area contributed by atoms with E-state index >= 15 is 0 Å². The Bertz CT molecular complexity index is 561. The predicted molar refractivity (Wildman–Crippen MR) is 83.4 cm³/mol. The van der Waals surface area contributed by atoms with Crippen molar-refractivity contribution in [3.05, 3.63) is 35.4 Å². The highest BCUT2D eigenvalue weighted by Crippen LogP contribution is 2.36. The summed E-state index contributed by atoms with van der Waals surface area (Å²) in [7, 11) is 0. The number of halogens is 4. The van der Waals surface area contributed by atoms with Crippen molar-refractivity contribution in [2.75, 3.05) is 13.1 Å². The van der Waals surface area contributed by atoms with E-state index in [4.69, 9.17) is 5.73 Å². The van der Waals surface area contributed by atoms with Gasteiger partial charge in [-0.05, 0) is 48.9 Å². The molecule has 7 heteroatoms. The molecule has 0 bridgehead atoms. The summed E-state index contributed by atoms with van der Waals surface area (Å²) in [6, 6.07) is 4.56. The molecule has 3 atom stereocenters. The fourth-order valence-corrected chi connectivity index (χ4v) is 3.67. The van der Waals surface area contributed by atoms with E-state index in [1.54, 1.807) is 4.90 Å². The number of benzene rings is 1. The minimum Gasteiger partial charge on any atom is -0.338 e. The van der Waals surface area contributed by atoms with Gasteiger partial charge in [-0.1, -0.05) is 6.42 Å². The van der Waals surface area contributed by atoms with Crippen molar-refractivity contribution in [3.63, 3.8) is 0 Å². The highest BCUT2D eigenvalue weighted by atomic mass is 35.5. The first-order valence-electron chi connectivity index (χ1n) is 7.58. The Morgan fingerprint density at radius 1 is 1.13 bits per heavy atom. The first-order valence-corrected chi connectivity index (χ1v) is 7.58. The van der Waals surface area contributed by atoms with E-state index in [9.17, 15) is 18.0 Å². The number of amides is 1. The van der Waals surface area contributed by atoms with Crippen LogP contribution >= 0.6 is 12.4 Å². The predicted octanol–water partition coefficient (Wildman–Crippen LogP) is 3.33. The molecule has 2 N–H and O–H groups in total. The summed E-state index contributed by atoms with van der Waals surface area (Å²) in [5.41, 5.74) is 5.70. The van der Waals surface area contributed by atoms with Gasteiger partial charge in [-0.2, -0.15) is 13.2 Å². The molecule has 0 radical (unpaired) electrons. The van der Waals surface area contributed by atoms with E-state index in [0.29, 0.717) is 30.5 Å². The summed E-state index contributed by atoms with van der Waals surface area (Å²) in [6.07, 6.45) is -1.22. The molecule has 128 valence electrons. The highest BCUT2D eigenvalue weighted by Gasteiger charge is 2.40. The molecular formula is C16H20ClF3N2O. The summed E-state index contributed by atoms with van der Waals surface area (Å²) >= 11 is 0. The van der Waals surface area contributed by atoms with Crippen LogP contribution in [0.2, 0.25) is 0 Å². The number of likely N-dealkylation sites (tertiary alicyclic amines) is 1. The van der Waals surface area contributed by atoms with E-state index in [-0.39, 0.29) is 24.4 Å². The first kappa shape index (κ1) is 18.1. The van der Waals surface area contributed by atoms with E-state index in [1.807, 2.05) is 0 Å². The second-order valence-corrected chi connectivity index (χ2v) is 6.30. The van der Waals surface area contributed by atoms with Gasteiger partial charge in [0.15, 0.2) is 0 Å².